The molecular weight excluding hydrogens is 408 g/mol. The van der Waals surface area contributed by atoms with Gasteiger partial charge in [0.2, 0.25) is 5.91 Å². The maximum atomic E-state index is 12.9. The number of Topliss-reactive ketones (excluding diaryl/α,β-unsaturated/α-hetero) is 1. The molecule has 4 heterocycles. The molecule has 164 valence electrons. The van der Waals surface area contributed by atoms with Gasteiger partial charge in [0.1, 0.15) is 17.3 Å². The van der Waals surface area contributed by atoms with E-state index in [0.717, 1.165) is 30.0 Å². The molecule has 0 unspecified atom stereocenters. The van der Waals surface area contributed by atoms with Crippen LogP contribution < -0.4 is 15.5 Å². The zero-order valence-electron chi connectivity index (χ0n) is 20.7. The summed E-state index contributed by atoms with van der Waals surface area (Å²) in [5, 5.41) is 10.4. The summed E-state index contributed by atoms with van der Waals surface area (Å²) in [7, 11) is 1.90. The highest BCUT2D eigenvalue weighted by molar-refractivity contribution is 6.03. The Balaban J connectivity index is 1.54. The summed E-state index contributed by atoms with van der Waals surface area (Å²) in [5.74, 6) is 1.40. The van der Waals surface area contributed by atoms with Gasteiger partial charge in [0.25, 0.3) is 0 Å². The molecule has 1 fully saturated rings. The van der Waals surface area contributed by atoms with E-state index in [9.17, 15) is 9.59 Å². The van der Waals surface area contributed by atoms with Gasteiger partial charge in [0, 0.05) is 42.0 Å². The fraction of sp³-hybridized carbons (Fsp3) is 0.364. The van der Waals surface area contributed by atoms with Crippen LogP contribution in [-0.4, -0.2) is 43.5 Å². The number of fused-ring (bicyclic) bond motifs is 3. The van der Waals surface area contributed by atoms with Crippen molar-refractivity contribution >= 4 is 34.7 Å². The molecule has 32 heavy (non-hydrogen) atoms. The maximum Gasteiger partial charge on any atom is 0.228 e. The first kappa shape index (κ1) is 16.8. The molecule has 0 bridgehead atoms. The zero-order valence-corrected chi connectivity index (χ0v) is 17.7. The van der Waals surface area contributed by atoms with Gasteiger partial charge >= 0.3 is 0 Å². The number of hydrogen-bond donors (Lipinski definition) is 2. The van der Waals surface area contributed by atoms with E-state index in [1.165, 1.54) is 12.3 Å². The molecule has 1 amide bonds. The Labute approximate surface area is 189 Å². The summed E-state index contributed by atoms with van der Waals surface area (Å²) in [5.41, 5.74) is 1.90. The van der Waals surface area contributed by atoms with Crippen LogP contribution in [0.25, 0.3) is 5.69 Å². The summed E-state index contributed by atoms with van der Waals surface area (Å²) >= 11 is 0. The van der Waals surface area contributed by atoms with Crippen molar-refractivity contribution in [1.29, 1.82) is 0 Å². The predicted octanol–water partition coefficient (Wildman–Crippen LogP) is 3.00. The van der Waals surface area contributed by atoms with Crippen LogP contribution in [0, 0.1) is 12.8 Å². The molecule has 1 saturated carbocycles. The Bertz CT molecular complexity index is 1330. The van der Waals surface area contributed by atoms with E-state index in [1.807, 2.05) is 24.9 Å². The van der Waals surface area contributed by atoms with E-state index < -0.39 is 19.1 Å². The maximum absolute atomic E-state index is 12.9. The number of amides is 1. The predicted molar refractivity (Wildman–Crippen MR) is 119 cm³/mol. The largest absolute Gasteiger partial charge is 0.362 e. The van der Waals surface area contributed by atoms with Gasteiger partial charge in [-0.05, 0) is 25.8 Å². The number of carbonyl (C=O) groups excluding carboxylic acids is 2. The fourth-order valence-corrected chi connectivity index (χ4v) is 3.77. The van der Waals surface area contributed by atoms with E-state index in [-0.39, 0.29) is 23.2 Å². The van der Waals surface area contributed by atoms with Crippen LogP contribution in [0.3, 0.4) is 0 Å². The van der Waals surface area contributed by atoms with Crippen molar-refractivity contribution in [2.24, 2.45) is 5.92 Å². The average molecular weight is 436 g/mol. The standard InChI is InChI=1S/C22H24N8O2/c1-4-17(31)14-10-24-18(27-22(32)13-5-6-13)9-15(14)26-21-20-16(7-8-23-21)30-19(11-29(20)3)25-12(2)28-30/h7-10,13H,4-6,11H2,1-3H3,(H2,23,24,26,27,32)/i1D3. The third-order valence-electron chi connectivity index (χ3n) is 5.49. The Morgan fingerprint density at radius 3 is 2.94 bits per heavy atom. The molecule has 1 aliphatic heterocycles. The lowest BCUT2D eigenvalue weighted by molar-refractivity contribution is -0.117. The quantitative estimate of drug-likeness (QED) is 0.568. The first-order chi connectivity index (χ1) is 16.6. The Morgan fingerprint density at radius 1 is 1.31 bits per heavy atom. The summed E-state index contributed by atoms with van der Waals surface area (Å²) < 4.78 is 24.2. The van der Waals surface area contributed by atoms with Gasteiger partial charge in [-0.2, -0.15) is 5.10 Å². The first-order valence-electron chi connectivity index (χ1n) is 11.8. The topological polar surface area (TPSA) is 118 Å². The molecule has 0 aromatic carbocycles. The highest BCUT2D eigenvalue weighted by Gasteiger charge is 2.30. The molecule has 10 nitrogen and oxygen atoms in total. The van der Waals surface area contributed by atoms with Crippen molar-refractivity contribution in [2.75, 3.05) is 22.6 Å². The van der Waals surface area contributed by atoms with Crippen LogP contribution in [0.5, 0.6) is 0 Å². The van der Waals surface area contributed by atoms with Gasteiger partial charge in [0.15, 0.2) is 17.4 Å². The number of anilines is 4. The summed E-state index contributed by atoms with van der Waals surface area (Å²) in [6, 6.07) is 3.35. The fourth-order valence-electron chi connectivity index (χ4n) is 3.77. The van der Waals surface area contributed by atoms with Crippen LogP contribution in [0.4, 0.5) is 23.0 Å². The van der Waals surface area contributed by atoms with E-state index in [2.05, 4.69) is 30.7 Å². The smallest absolute Gasteiger partial charge is 0.228 e. The molecular formula is C22H24N8O2. The molecule has 0 radical (unpaired) electrons. The highest BCUT2D eigenvalue weighted by atomic mass is 16.2. The molecule has 0 atom stereocenters. The third-order valence-corrected chi connectivity index (χ3v) is 5.49. The lowest BCUT2D eigenvalue weighted by Gasteiger charge is -2.29. The minimum absolute atomic E-state index is 0.0260. The second-order valence-corrected chi connectivity index (χ2v) is 7.97. The van der Waals surface area contributed by atoms with Gasteiger partial charge in [-0.25, -0.2) is 19.6 Å². The van der Waals surface area contributed by atoms with Crippen molar-refractivity contribution in [2.45, 2.75) is 39.6 Å². The molecule has 1 aliphatic carbocycles. The second kappa shape index (κ2) is 7.70. The third kappa shape index (κ3) is 3.57. The van der Waals surface area contributed by atoms with E-state index in [0.29, 0.717) is 23.9 Å². The number of carbonyl (C=O) groups is 2. The van der Waals surface area contributed by atoms with Crippen molar-refractivity contribution in [3.8, 4) is 5.69 Å². The van der Waals surface area contributed by atoms with Gasteiger partial charge in [0.05, 0.1) is 23.5 Å². The van der Waals surface area contributed by atoms with E-state index in [1.54, 1.807) is 10.9 Å². The van der Waals surface area contributed by atoms with Gasteiger partial charge in [-0.1, -0.05) is 6.85 Å². The van der Waals surface area contributed by atoms with Crippen LogP contribution in [0.2, 0.25) is 0 Å². The lowest BCUT2D eigenvalue weighted by Crippen LogP contribution is -2.27. The van der Waals surface area contributed by atoms with Gasteiger partial charge in [-0.15, -0.1) is 0 Å². The number of aryl methyl sites for hydroxylation is 1. The molecule has 2 N–H and O–H groups in total. The van der Waals surface area contributed by atoms with Gasteiger partial charge < -0.3 is 15.5 Å². The molecule has 3 aromatic rings. The molecule has 0 saturated heterocycles. The number of ketones is 1. The highest BCUT2D eigenvalue weighted by Crippen LogP contribution is 2.37. The van der Waals surface area contributed by atoms with Crippen LogP contribution >= 0.6 is 0 Å². The Morgan fingerprint density at radius 2 is 2.16 bits per heavy atom. The second-order valence-electron chi connectivity index (χ2n) is 7.97. The number of hydrogen-bond acceptors (Lipinski definition) is 8. The first-order valence-corrected chi connectivity index (χ1v) is 10.3. The number of nitrogens with one attached hydrogen (secondary N) is 2. The average Bonchev–Trinajstić information content (AvgIpc) is 3.55. The molecule has 2 aliphatic rings. The Hall–Kier alpha value is -3.82. The van der Waals surface area contributed by atoms with Crippen molar-refractivity contribution in [1.82, 2.24) is 24.7 Å². The number of nitrogens with zero attached hydrogens (tertiary/aromatic N) is 6. The van der Waals surface area contributed by atoms with Crippen LogP contribution in [-0.2, 0) is 11.3 Å². The molecule has 0 spiro atoms. The lowest BCUT2D eigenvalue weighted by atomic mass is 10.1. The monoisotopic (exact) mass is 435 g/mol. The van der Waals surface area contributed by atoms with Crippen molar-refractivity contribution in [3.63, 3.8) is 0 Å². The molecule has 10 heteroatoms. The van der Waals surface area contributed by atoms with E-state index >= 15 is 0 Å². The zero-order chi connectivity index (χ0) is 24.9. The van der Waals surface area contributed by atoms with Crippen molar-refractivity contribution in [3.05, 3.63) is 41.7 Å². The summed E-state index contributed by atoms with van der Waals surface area (Å²) in [4.78, 5) is 40.2. The van der Waals surface area contributed by atoms with Crippen LogP contribution in [0.1, 0.15) is 52.2 Å². The number of rotatable bonds is 6. The minimum Gasteiger partial charge on any atom is -0.362 e. The van der Waals surface area contributed by atoms with E-state index in [4.69, 9.17) is 4.11 Å². The molecule has 3 aromatic heterocycles. The SMILES string of the molecule is [2H]C([2H])([2H])CC(=O)c1cnc(NC(=O)C2CC2)cc1Nc1nccc2c1N(C)Cc1nc(C)nn1-2. The van der Waals surface area contributed by atoms with Crippen molar-refractivity contribution < 1.29 is 13.7 Å². The number of pyridine rings is 2. The minimum atomic E-state index is -2.43. The number of aromatic nitrogens is 5. The van der Waals surface area contributed by atoms with Crippen LogP contribution in [0.15, 0.2) is 24.5 Å². The Kier molecular flexibility index (Phi) is 4.05. The normalized spacial score (nSPS) is 16.3. The molecule has 5 rings (SSSR count). The van der Waals surface area contributed by atoms with Gasteiger partial charge in [-0.3, -0.25) is 9.59 Å². The summed E-state index contributed by atoms with van der Waals surface area (Å²) in [6.45, 7) is -0.111. The summed E-state index contributed by atoms with van der Waals surface area (Å²) in [6.07, 6.45) is 3.93.